The van der Waals surface area contributed by atoms with Gasteiger partial charge in [0.2, 0.25) is 5.91 Å². The highest BCUT2D eigenvalue weighted by Gasteiger charge is 2.45. The largest absolute Gasteiger partial charge is 0.388 e. The normalized spacial score (nSPS) is 26.2. The number of hydrogen-bond acceptors (Lipinski definition) is 8. The quantitative estimate of drug-likeness (QED) is 0.182. The van der Waals surface area contributed by atoms with E-state index in [9.17, 15) is 28.5 Å². The average molecular weight is 482 g/mol. The molecule has 1 saturated heterocycles. The van der Waals surface area contributed by atoms with Crippen LogP contribution in [0.25, 0.3) is 0 Å². The molecule has 0 aromatic heterocycles. The number of aliphatic hydroxyl groups excluding tert-OH is 3. The van der Waals surface area contributed by atoms with Crippen molar-refractivity contribution >= 4 is 16.0 Å². The van der Waals surface area contributed by atoms with Crippen molar-refractivity contribution in [2.45, 2.75) is 122 Å². The third-order valence-electron chi connectivity index (χ3n) is 5.68. The van der Waals surface area contributed by atoms with Crippen LogP contribution < -0.4 is 5.32 Å². The summed E-state index contributed by atoms with van der Waals surface area (Å²) in [6.07, 6.45) is 5.78. The van der Waals surface area contributed by atoms with Crippen LogP contribution in [0.15, 0.2) is 0 Å². The number of ether oxygens (including phenoxy) is 1. The summed E-state index contributed by atoms with van der Waals surface area (Å²) in [5, 5.41) is 32.9. The van der Waals surface area contributed by atoms with E-state index < -0.39 is 47.4 Å². The molecule has 1 amide bonds. The monoisotopic (exact) mass is 481 g/mol. The first-order valence-corrected chi connectivity index (χ1v) is 13.7. The molecule has 9 nitrogen and oxygen atoms in total. The van der Waals surface area contributed by atoms with Crippen LogP contribution in [0.5, 0.6) is 0 Å². The van der Waals surface area contributed by atoms with Crippen LogP contribution in [0, 0.1) is 0 Å². The van der Waals surface area contributed by atoms with Crippen LogP contribution in [0.4, 0.5) is 0 Å². The van der Waals surface area contributed by atoms with Gasteiger partial charge in [-0.3, -0.25) is 8.98 Å². The van der Waals surface area contributed by atoms with E-state index in [0.717, 1.165) is 19.3 Å². The van der Waals surface area contributed by atoms with Gasteiger partial charge in [-0.05, 0) is 12.8 Å². The van der Waals surface area contributed by atoms with Gasteiger partial charge in [0.15, 0.2) is 6.29 Å². The molecule has 0 radical (unpaired) electrons. The molecule has 1 unspecified atom stereocenters. The number of nitrogens with one attached hydrogen (secondary N) is 1. The molecule has 0 aromatic rings. The minimum atomic E-state index is -3.81. The Kier molecular flexibility index (Phi) is 14.6. The highest BCUT2D eigenvalue weighted by Crippen LogP contribution is 2.21. The van der Waals surface area contributed by atoms with Crippen molar-refractivity contribution in [1.29, 1.82) is 0 Å². The molecule has 1 rings (SSSR count). The maximum Gasteiger partial charge on any atom is 0.267 e. The van der Waals surface area contributed by atoms with Crippen molar-refractivity contribution in [3.63, 3.8) is 0 Å². The topological polar surface area (TPSA) is 142 Å². The molecule has 190 valence electrons. The van der Waals surface area contributed by atoms with Crippen molar-refractivity contribution in [3.05, 3.63) is 0 Å². The number of carbonyl (C=O) groups excluding carboxylic acids is 1. The molecule has 32 heavy (non-hydrogen) atoms. The fourth-order valence-corrected chi connectivity index (χ4v) is 4.74. The lowest BCUT2D eigenvalue weighted by Gasteiger charge is -2.40. The van der Waals surface area contributed by atoms with Gasteiger partial charge in [-0.2, -0.15) is 8.42 Å². The van der Waals surface area contributed by atoms with E-state index in [-0.39, 0.29) is 18.1 Å². The second-order valence-corrected chi connectivity index (χ2v) is 10.4. The summed E-state index contributed by atoms with van der Waals surface area (Å²) in [6, 6.07) is -1.21. The van der Waals surface area contributed by atoms with Crippen molar-refractivity contribution in [1.82, 2.24) is 5.32 Å². The molecule has 0 aromatic carbocycles. The third-order valence-corrected chi connectivity index (χ3v) is 6.97. The average Bonchev–Trinajstić information content (AvgIpc) is 2.74. The van der Waals surface area contributed by atoms with E-state index in [0.29, 0.717) is 12.8 Å². The number of hydrogen-bond donors (Lipinski definition) is 4. The van der Waals surface area contributed by atoms with E-state index in [1.165, 1.54) is 38.5 Å². The van der Waals surface area contributed by atoms with Crippen LogP contribution in [0.1, 0.15) is 90.9 Å². The molecule has 1 heterocycles. The van der Waals surface area contributed by atoms with Gasteiger partial charge in [-0.15, -0.1) is 0 Å². The van der Waals surface area contributed by atoms with E-state index in [1.54, 1.807) is 0 Å². The van der Waals surface area contributed by atoms with Gasteiger partial charge in [0.1, 0.15) is 24.4 Å². The zero-order chi connectivity index (χ0) is 24.0. The first kappa shape index (κ1) is 29.3. The first-order chi connectivity index (χ1) is 15.2. The number of aliphatic hydroxyl groups is 3. The third kappa shape index (κ3) is 11.4. The number of carbonyl (C=O) groups is 1. The van der Waals surface area contributed by atoms with Crippen LogP contribution >= 0.6 is 0 Å². The zero-order valence-electron chi connectivity index (χ0n) is 19.6. The lowest BCUT2D eigenvalue weighted by molar-refractivity contribution is -0.252. The highest BCUT2D eigenvalue weighted by atomic mass is 32.2. The molecule has 1 fully saturated rings. The Morgan fingerprint density at radius 3 is 2.00 bits per heavy atom. The molecule has 0 spiro atoms. The Hall–Kier alpha value is -0.780. The van der Waals surface area contributed by atoms with E-state index in [4.69, 9.17) is 8.92 Å². The second kappa shape index (κ2) is 16.0. The lowest BCUT2D eigenvalue weighted by Crippen LogP contribution is -2.64. The van der Waals surface area contributed by atoms with E-state index in [1.807, 2.05) is 6.92 Å². The maximum atomic E-state index is 12.1. The summed E-state index contributed by atoms with van der Waals surface area (Å²) < 4.78 is 34.4. The maximum absolute atomic E-state index is 12.1. The lowest BCUT2D eigenvalue weighted by atomic mass is 9.97. The van der Waals surface area contributed by atoms with Crippen LogP contribution in [0.3, 0.4) is 0 Å². The smallest absolute Gasteiger partial charge is 0.267 e. The van der Waals surface area contributed by atoms with Crippen molar-refractivity contribution in [3.8, 4) is 0 Å². The fourth-order valence-electron chi connectivity index (χ4n) is 3.72. The predicted octanol–water partition coefficient (Wildman–Crippen LogP) is 1.98. The molecule has 10 heteroatoms. The molecule has 0 aliphatic carbocycles. The van der Waals surface area contributed by atoms with Gasteiger partial charge < -0.3 is 25.4 Å². The van der Waals surface area contributed by atoms with Crippen LogP contribution in [0.2, 0.25) is 0 Å². The van der Waals surface area contributed by atoms with Crippen molar-refractivity contribution < 1.29 is 37.5 Å². The second-order valence-electron chi connectivity index (χ2n) is 8.62. The van der Waals surface area contributed by atoms with Gasteiger partial charge >= 0.3 is 0 Å². The summed E-state index contributed by atoms with van der Waals surface area (Å²) in [7, 11) is -3.81. The SMILES string of the molecule is CCCCCCCCCCCCS(=O)(=O)OC[C@H]1OC(O)[C@H](NC(=O)CCC)[C@@H](O)[C@@H]1O. The molecule has 1 aliphatic heterocycles. The predicted molar refractivity (Wildman–Crippen MR) is 121 cm³/mol. The molecular formula is C22H43NO8S. The van der Waals surface area contributed by atoms with E-state index in [2.05, 4.69) is 12.2 Å². The molecule has 0 saturated carbocycles. The Balaban J connectivity index is 2.28. The van der Waals surface area contributed by atoms with Gasteiger partial charge in [-0.25, -0.2) is 0 Å². The van der Waals surface area contributed by atoms with Gasteiger partial charge in [0, 0.05) is 6.42 Å². The first-order valence-electron chi connectivity index (χ1n) is 12.1. The minimum Gasteiger partial charge on any atom is -0.388 e. The van der Waals surface area contributed by atoms with E-state index >= 15 is 0 Å². The molecule has 0 bridgehead atoms. The Morgan fingerprint density at radius 2 is 1.44 bits per heavy atom. The number of rotatable bonds is 17. The minimum absolute atomic E-state index is 0.132. The van der Waals surface area contributed by atoms with Gasteiger partial charge in [0.25, 0.3) is 10.1 Å². The Bertz CT molecular complexity index is 615. The Labute approximate surface area is 193 Å². The van der Waals surface area contributed by atoms with Crippen LogP contribution in [-0.4, -0.2) is 72.6 Å². The van der Waals surface area contributed by atoms with Crippen LogP contribution in [-0.2, 0) is 23.8 Å². The summed E-state index contributed by atoms with van der Waals surface area (Å²) in [4.78, 5) is 11.7. The Morgan fingerprint density at radius 1 is 0.875 bits per heavy atom. The van der Waals surface area contributed by atoms with Crippen molar-refractivity contribution in [2.75, 3.05) is 12.4 Å². The zero-order valence-corrected chi connectivity index (χ0v) is 20.4. The molecule has 5 atom stereocenters. The number of unbranched alkanes of at least 4 members (excludes halogenated alkanes) is 9. The molecule has 4 N–H and O–H groups in total. The molecular weight excluding hydrogens is 438 g/mol. The standard InChI is InChI=1S/C22H43NO8S/c1-3-5-6-7-8-9-10-11-12-13-15-32(28,29)30-16-17-20(25)21(26)19(22(27)31-17)23-18(24)14-4-2/h17,19-22,25-27H,3-16H2,1-2H3,(H,23,24)/t17-,19-,20-,21-,22?/m1/s1. The highest BCUT2D eigenvalue weighted by molar-refractivity contribution is 7.86. The van der Waals surface area contributed by atoms with Crippen molar-refractivity contribution in [2.24, 2.45) is 0 Å². The van der Waals surface area contributed by atoms with Gasteiger partial charge in [0.05, 0.1) is 12.4 Å². The summed E-state index contributed by atoms with van der Waals surface area (Å²) in [6.45, 7) is 3.48. The molecule has 1 aliphatic rings. The summed E-state index contributed by atoms with van der Waals surface area (Å²) in [5.74, 6) is -0.521. The van der Waals surface area contributed by atoms with Gasteiger partial charge in [-0.1, -0.05) is 71.6 Å². The fraction of sp³-hybridized carbons (Fsp3) is 0.955. The summed E-state index contributed by atoms with van der Waals surface area (Å²) in [5.41, 5.74) is 0. The number of amides is 1. The summed E-state index contributed by atoms with van der Waals surface area (Å²) >= 11 is 0.